The molecule has 2 aromatic heterocycles. The minimum Gasteiger partial charge on any atom is -0.381 e. The first-order chi connectivity index (χ1) is 15.1. The number of aromatic amines is 1. The van der Waals surface area contributed by atoms with E-state index >= 15 is 0 Å². The molecule has 7 heteroatoms. The zero-order chi connectivity index (χ0) is 21.5. The highest BCUT2D eigenvalue weighted by Gasteiger charge is 2.56. The summed E-state index contributed by atoms with van der Waals surface area (Å²) >= 11 is 0. The molecule has 0 bridgehead atoms. The van der Waals surface area contributed by atoms with Gasteiger partial charge in [-0.3, -0.25) is 5.10 Å². The number of fused-ring (bicyclic) bond motifs is 1. The van der Waals surface area contributed by atoms with Crippen molar-refractivity contribution in [3.63, 3.8) is 0 Å². The van der Waals surface area contributed by atoms with E-state index in [2.05, 4.69) is 32.2 Å². The number of nitrogens with one attached hydrogen (secondary N) is 1. The van der Waals surface area contributed by atoms with E-state index < -0.39 is 0 Å². The fourth-order valence-corrected chi connectivity index (χ4v) is 5.19. The molecule has 2 fully saturated rings. The molecular weight excluding hydrogens is 390 g/mol. The van der Waals surface area contributed by atoms with Gasteiger partial charge in [-0.05, 0) is 37.2 Å². The highest BCUT2D eigenvalue weighted by molar-refractivity contribution is 5.92. The van der Waals surface area contributed by atoms with Crippen molar-refractivity contribution in [2.75, 3.05) is 20.0 Å². The first-order valence-corrected chi connectivity index (χ1v) is 10.7. The number of H-pyrrole nitrogens is 1. The fourth-order valence-electron chi connectivity index (χ4n) is 5.19. The lowest BCUT2D eigenvalue weighted by molar-refractivity contribution is -0.302. The molecule has 2 heterocycles. The molecule has 31 heavy (non-hydrogen) atoms. The van der Waals surface area contributed by atoms with Gasteiger partial charge in [-0.1, -0.05) is 30.0 Å². The molecule has 160 valence electrons. The number of nitrogens with two attached hydrogens (primary N) is 1. The van der Waals surface area contributed by atoms with Gasteiger partial charge in [-0.15, -0.1) is 10.2 Å². The number of nitrogen functional groups attached to an aromatic ring is 1. The third-order valence-electron chi connectivity index (χ3n) is 7.07. The van der Waals surface area contributed by atoms with Gasteiger partial charge in [0.2, 0.25) is 0 Å². The average molecular weight is 418 g/mol. The van der Waals surface area contributed by atoms with E-state index in [9.17, 15) is 0 Å². The van der Waals surface area contributed by atoms with E-state index in [0.717, 1.165) is 66.2 Å². The Labute approximate surface area is 181 Å². The van der Waals surface area contributed by atoms with Crippen LogP contribution in [0.1, 0.15) is 44.1 Å². The van der Waals surface area contributed by atoms with Crippen LogP contribution in [0, 0.1) is 23.2 Å². The van der Waals surface area contributed by atoms with Crippen LogP contribution in [-0.4, -0.2) is 40.4 Å². The molecule has 7 nitrogen and oxygen atoms in total. The van der Waals surface area contributed by atoms with Crippen LogP contribution in [0.2, 0.25) is 0 Å². The van der Waals surface area contributed by atoms with Crippen molar-refractivity contribution in [3.05, 3.63) is 36.0 Å². The summed E-state index contributed by atoms with van der Waals surface area (Å²) in [6, 6.07) is 7.91. The van der Waals surface area contributed by atoms with Crippen molar-refractivity contribution < 1.29 is 9.47 Å². The number of aromatic nitrogens is 4. The predicted octanol–water partition coefficient (Wildman–Crippen LogP) is 3.91. The summed E-state index contributed by atoms with van der Waals surface area (Å²) in [5, 5.41) is 16.6. The van der Waals surface area contributed by atoms with E-state index in [0.29, 0.717) is 17.2 Å². The molecule has 5 rings (SSSR count). The van der Waals surface area contributed by atoms with Gasteiger partial charge in [-0.2, -0.15) is 5.10 Å². The molecule has 0 aliphatic heterocycles. The maximum Gasteiger partial charge on any atom is 0.168 e. The van der Waals surface area contributed by atoms with E-state index in [-0.39, 0.29) is 5.79 Å². The Kier molecular flexibility index (Phi) is 4.92. The maximum absolute atomic E-state index is 6.09. The molecule has 1 aromatic carbocycles. The number of ether oxygens (including phenoxy) is 2. The molecule has 0 unspecified atom stereocenters. The number of nitrogens with zero attached hydrogens (tertiary/aromatic N) is 3. The first kappa shape index (κ1) is 20.0. The third-order valence-corrected chi connectivity index (χ3v) is 7.07. The van der Waals surface area contributed by atoms with Gasteiger partial charge in [0.05, 0.1) is 23.0 Å². The van der Waals surface area contributed by atoms with Crippen LogP contribution in [0.4, 0.5) is 5.82 Å². The van der Waals surface area contributed by atoms with Crippen molar-refractivity contribution in [2.24, 2.45) is 11.3 Å². The number of benzene rings is 1. The quantitative estimate of drug-likeness (QED) is 0.495. The smallest absolute Gasteiger partial charge is 0.168 e. The summed E-state index contributed by atoms with van der Waals surface area (Å²) in [6.45, 7) is 0. The Bertz CT molecular complexity index is 1150. The summed E-state index contributed by atoms with van der Waals surface area (Å²) in [6.07, 6.45) is 8.28. The molecule has 3 N–H and O–H groups in total. The number of para-hydroxylation sites is 1. The summed E-state index contributed by atoms with van der Waals surface area (Å²) in [5.74, 6) is 7.09. The monoisotopic (exact) mass is 417 g/mol. The summed E-state index contributed by atoms with van der Waals surface area (Å²) in [7, 11) is 3.48. The molecule has 0 amide bonds. The minimum absolute atomic E-state index is 0.359. The van der Waals surface area contributed by atoms with Crippen LogP contribution in [0.5, 0.6) is 0 Å². The van der Waals surface area contributed by atoms with Crippen LogP contribution in [0.3, 0.4) is 0 Å². The Morgan fingerprint density at radius 3 is 2.65 bits per heavy atom. The second-order valence-corrected chi connectivity index (χ2v) is 8.88. The molecule has 0 atom stereocenters. The van der Waals surface area contributed by atoms with Gasteiger partial charge < -0.3 is 15.2 Å². The lowest BCUT2D eigenvalue weighted by atomic mass is 9.56. The van der Waals surface area contributed by atoms with Crippen molar-refractivity contribution in [1.29, 1.82) is 0 Å². The predicted molar refractivity (Wildman–Crippen MR) is 119 cm³/mol. The second-order valence-electron chi connectivity index (χ2n) is 8.88. The second kappa shape index (κ2) is 7.63. The average Bonchev–Trinajstić information content (AvgIpc) is 3.26. The highest BCUT2D eigenvalue weighted by atomic mass is 16.7. The summed E-state index contributed by atoms with van der Waals surface area (Å²) in [5.41, 5.74) is 9.78. The molecule has 0 saturated heterocycles. The van der Waals surface area contributed by atoms with Crippen molar-refractivity contribution >= 4 is 16.7 Å². The van der Waals surface area contributed by atoms with Gasteiger partial charge >= 0.3 is 0 Å². The third kappa shape index (κ3) is 3.56. The first-order valence-electron chi connectivity index (χ1n) is 10.7. The van der Waals surface area contributed by atoms with Crippen LogP contribution in [-0.2, 0) is 9.47 Å². The molecular formula is C24H27N5O2. The van der Waals surface area contributed by atoms with Crippen LogP contribution in [0.15, 0.2) is 30.5 Å². The molecule has 1 spiro atoms. The molecule has 2 aliphatic rings. The standard InChI is InChI=1S/C24H27N5O2/c1-30-24(31-2)14-23(15-24)10-8-16(9-11-23)6-7-17-12-20(27-29-22(17)25)19-5-3-4-18-13-26-28-21(18)19/h3-5,12-13,16H,8-11,14-15H2,1-2H3,(H2,25,29)(H,26,28). The zero-order valence-corrected chi connectivity index (χ0v) is 17.9. The van der Waals surface area contributed by atoms with Gasteiger partial charge in [-0.25, -0.2) is 0 Å². The van der Waals surface area contributed by atoms with Crippen molar-refractivity contribution in [1.82, 2.24) is 20.4 Å². The highest BCUT2D eigenvalue weighted by Crippen LogP contribution is 2.58. The number of methoxy groups -OCH3 is 2. The molecule has 2 aliphatic carbocycles. The number of hydrogen-bond acceptors (Lipinski definition) is 6. The maximum atomic E-state index is 6.09. The Balaban J connectivity index is 1.31. The minimum atomic E-state index is -0.371. The lowest BCUT2D eigenvalue weighted by Gasteiger charge is -2.56. The molecule has 0 radical (unpaired) electrons. The summed E-state index contributed by atoms with van der Waals surface area (Å²) < 4.78 is 11.2. The van der Waals surface area contributed by atoms with E-state index in [1.807, 2.05) is 24.3 Å². The number of hydrogen-bond donors (Lipinski definition) is 2. The zero-order valence-electron chi connectivity index (χ0n) is 17.9. The Morgan fingerprint density at radius 2 is 1.90 bits per heavy atom. The van der Waals surface area contributed by atoms with Crippen molar-refractivity contribution in [3.8, 4) is 23.1 Å². The van der Waals surface area contributed by atoms with Crippen LogP contribution in [0.25, 0.3) is 22.2 Å². The normalized spacial score (nSPS) is 19.7. The fraction of sp³-hybridized carbons (Fsp3) is 0.458. The van der Waals surface area contributed by atoms with Crippen LogP contribution < -0.4 is 5.73 Å². The Hall–Kier alpha value is -2.95. The van der Waals surface area contributed by atoms with E-state index in [1.54, 1.807) is 20.4 Å². The Morgan fingerprint density at radius 1 is 1.13 bits per heavy atom. The lowest BCUT2D eigenvalue weighted by Crippen LogP contribution is -2.55. The van der Waals surface area contributed by atoms with Gasteiger partial charge in [0.1, 0.15) is 0 Å². The van der Waals surface area contributed by atoms with E-state index in [1.165, 1.54) is 0 Å². The number of rotatable bonds is 3. The van der Waals surface area contributed by atoms with Gasteiger partial charge in [0.25, 0.3) is 0 Å². The largest absolute Gasteiger partial charge is 0.381 e. The number of anilines is 1. The van der Waals surface area contributed by atoms with Gasteiger partial charge in [0, 0.05) is 43.9 Å². The van der Waals surface area contributed by atoms with Crippen LogP contribution >= 0.6 is 0 Å². The topological polar surface area (TPSA) is 98.9 Å². The SMILES string of the molecule is COC1(OC)CC2(CCC(C#Cc3cc(-c4cccc5cn[nH]c45)nnc3N)CC2)C1. The summed E-state index contributed by atoms with van der Waals surface area (Å²) in [4.78, 5) is 0. The molecule has 2 saturated carbocycles. The van der Waals surface area contributed by atoms with E-state index in [4.69, 9.17) is 15.2 Å². The molecule has 3 aromatic rings. The van der Waals surface area contributed by atoms with Gasteiger partial charge in [0.15, 0.2) is 11.6 Å². The van der Waals surface area contributed by atoms with Crippen molar-refractivity contribution in [2.45, 2.75) is 44.3 Å².